The summed E-state index contributed by atoms with van der Waals surface area (Å²) in [5.74, 6) is 1.31. The summed E-state index contributed by atoms with van der Waals surface area (Å²) >= 11 is 2.15. The third-order valence-electron chi connectivity index (χ3n) is 4.63. The summed E-state index contributed by atoms with van der Waals surface area (Å²) in [6.07, 6.45) is 0. The van der Waals surface area contributed by atoms with Gasteiger partial charge < -0.3 is 9.47 Å². The maximum atomic E-state index is 12.9. The van der Waals surface area contributed by atoms with Gasteiger partial charge in [-0.1, -0.05) is 19.6 Å². The van der Waals surface area contributed by atoms with Gasteiger partial charge in [-0.2, -0.15) is 5.10 Å². The molecular weight excluding hydrogens is 533 g/mol. The highest BCUT2D eigenvalue weighted by molar-refractivity contribution is 14.1. The van der Waals surface area contributed by atoms with Crippen LogP contribution in [0.2, 0.25) is 25.7 Å². The van der Waals surface area contributed by atoms with Crippen molar-refractivity contribution in [1.29, 1.82) is 0 Å². The number of halogens is 1. The van der Waals surface area contributed by atoms with Crippen LogP contribution in [-0.4, -0.2) is 40.0 Å². The first kappa shape index (κ1) is 22.9. The second-order valence-electron chi connectivity index (χ2n) is 8.19. The van der Waals surface area contributed by atoms with Crippen LogP contribution in [0.1, 0.15) is 0 Å². The van der Waals surface area contributed by atoms with Gasteiger partial charge in [0.25, 0.3) is 10.0 Å². The predicted octanol–water partition coefficient (Wildman–Crippen LogP) is 4.70. The standard InChI is InChI=1S/C20H26IN3O4SSi/c1-24-19-16(23-29(25,26)15-8-6-14(27-2)7-9-15)10-11-17(18(19)20(21)22-24)28-12-13-30(3,4)5/h6-11,23H,12-13H2,1-5H3. The Kier molecular flexibility index (Phi) is 6.68. The van der Waals surface area contributed by atoms with E-state index < -0.39 is 18.1 Å². The van der Waals surface area contributed by atoms with Gasteiger partial charge in [0.05, 0.1) is 35.2 Å². The number of hydrogen-bond donors (Lipinski definition) is 1. The van der Waals surface area contributed by atoms with E-state index in [4.69, 9.17) is 9.47 Å². The molecule has 0 radical (unpaired) electrons. The van der Waals surface area contributed by atoms with Gasteiger partial charge in [0.2, 0.25) is 0 Å². The lowest BCUT2D eigenvalue weighted by molar-refractivity contribution is 0.342. The van der Waals surface area contributed by atoms with Gasteiger partial charge in [-0.3, -0.25) is 9.40 Å². The Morgan fingerprint density at radius 2 is 1.80 bits per heavy atom. The zero-order chi connectivity index (χ0) is 22.1. The fourth-order valence-corrected chi connectivity index (χ4v) is 5.59. The molecule has 0 saturated heterocycles. The van der Waals surface area contributed by atoms with E-state index in [0.29, 0.717) is 29.3 Å². The summed E-state index contributed by atoms with van der Waals surface area (Å²) in [5.41, 5.74) is 1.14. The van der Waals surface area contributed by atoms with E-state index in [2.05, 4.69) is 52.1 Å². The quantitative estimate of drug-likeness (QED) is 0.320. The summed E-state index contributed by atoms with van der Waals surface area (Å²) < 4.78 is 42.1. The van der Waals surface area contributed by atoms with Crippen LogP contribution in [0.25, 0.3) is 10.9 Å². The molecule has 1 heterocycles. The fourth-order valence-electron chi connectivity index (χ4n) is 2.97. The largest absolute Gasteiger partial charge is 0.497 e. The molecule has 1 N–H and O–H groups in total. The van der Waals surface area contributed by atoms with Crippen molar-refractivity contribution in [2.45, 2.75) is 30.6 Å². The molecule has 30 heavy (non-hydrogen) atoms. The van der Waals surface area contributed by atoms with Crippen LogP contribution in [-0.2, 0) is 17.1 Å². The van der Waals surface area contributed by atoms with Gasteiger partial charge in [0.1, 0.15) is 15.2 Å². The van der Waals surface area contributed by atoms with Gasteiger partial charge in [0, 0.05) is 15.1 Å². The molecule has 2 aromatic carbocycles. The molecule has 0 amide bonds. The molecule has 3 aromatic rings. The molecule has 162 valence electrons. The van der Waals surface area contributed by atoms with Crippen LogP contribution >= 0.6 is 22.6 Å². The molecule has 0 spiro atoms. The molecule has 0 atom stereocenters. The van der Waals surface area contributed by atoms with Crippen molar-refractivity contribution in [2.75, 3.05) is 18.4 Å². The average molecular weight is 560 g/mol. The normalized spacial score (nSPS) is 12.2. The number of aryl methyl sites for hydroxylation is 1. The molecule has 7 nitrogen and oxygen atoms in total. The van der Waals surface area contributed by atoms with E-state index in [-0.39, 0.29) is 4.90 Å². The lowest BCUT2D eigenvalue weighted by atomic mass is 10.2. The number of sulfonamides is 1. The van der Waals surface area contributed by atoms with Gasteiger partial charge in [0.15, 0.2) is 0 Å². The predicted molar refractivity (Wildman–Crippen MR) is 131 cm³/mol. The molecule has 0 aliphatic rings. The van der Waals surface area contributed by atoms with Gasteiger partial charge in [-0.05, 0) is 65.0 Å². The third-order valence-corrected chi connectivity index (χ3v) is 8.47. The lowest BCUT2D eigenvalue weighted by Gasteiger charge is -2.17. The molecule has 0 aliphatic carbocycles. The van der Waals surface area contributed by atoms with Crippen molar-refractivity contribution in [1.82, 2.24) is 9.78 Å². The lowest BCUT2D eigenvalue weighted by Crippen LogP contribution is -2.22. The summed E-state index contributed by atoms with van der Waals surface area (Å²) in [5, 5.41) is 5.28. The van der Waals surface area contributed by atoms with E-state index in [0.717, 1.165) is 15.1 Å². The van der Waals surface area contributed by atoms with E-state index in [1.54, 1.807) is 29.9 Å². The first-order valence-corrected chi connectivity index (χ1v) is 15.7. The molecule has 3 rings (SSSR count). The summed E-state index contributed by atoms with van der Waals surface area (Å²) in [7, 11) is -1.66. The van der Waals surface area contributed by atoms with Crippen LogP contribution in [0.4, 0.5) is 5.69 Å². The molecule has 10 heteroatoms. The van der Waals surface area contributed by atoms with Gasteiger partial charge in [-0.15, -0.1) is 0 Å². The Labute approximate surface area is 192 Å². The zero-order valence-corrected chi connectivity index (χ0v) is 21.7. The molecule has 0 saturated carbocycles. The highest BCUT2D eigenvalue weighted by Gasteiger charge is 2.21. The van der Waals surface area contributed by atoms with E-state index in [9.17, 15) is 8.42 Å². The highest BCUT2D eigenvalue weighted by atomic mass is 127. The maximum Gasteiger partial charge on any atom is 0.261 e. The highest BCUT2D eigenvalue weighted by Crippen LogP contribution is 2.36. The Morgan fingerprint density at radius 3 is 2.40 bits per heavy atom. The second-order valence-corrected chi connectivity index (χ2v) is 16.5. The van der Waals surface area contributed by atoms with Crippen LogP contribution in [0, 0.1) is 3.70 Å². The van der Waals surface area contributed by atoms with E-state index in [1.807, 2.05) is 6.07 Å². The zero-order valence-electron chi connectivity index (χ0n) is 17.7. The number of aromatic nitrogens is 2. The monoisotopic (exact) mass is 559 g/mol. The SMILES string of the molecule is COc1ccc(S(=O)(=O)Nc2ccc(OCC[Si](C)(C)C)c3c(I)nn(C)c23)cc1. The van der Waals surface area contributed by atoms with Gasteiger partial charge >= 0.3 is 0 Å². The minimum Gasteiger partial charge on any atom is -0.497 e. The van der Waals surface area contributed by atoms with Crippen molar-refractivity contribution in [3.63, 3.8) is 0 Å². The Morgan fingerprint density at radius 1 is 1.13 bits per heavy atom. The summed E-state index contributed by atoms with van der Waals surface area (Å²) in [6, 6.07) is 10.8. The average Bonchev–Trinajstić information content (AvgIpc) is 2.97. The Hall–Kier alpha value is -1.79. The van der Waals surface area contributed by atoms with Crippen LogP contribution < -0.4 is 14.2 Å². The number of nitrogens with one attached hydrogen (secondary N) is 1. The number of anilines is 1. The smallest absolute Gasteiger partial charge is 0.261 e. The number of nitrogens with zero attached hydrogens (tertiary/aromatic N) is 2. The summed E-state index contributed by atoms with van der Waals surface area (Å²) in [6.45, 7) is 7.54. The van der Waals surface area contributed by atoms with Gasteiger partial charge in [-0.25, -0.2) is 8.42 Å². The number of benzene rings is 2. The van der Waals surface area contributed by atoms with Crippen molar-refractivity contribution >= 4 is 57.3 Å². The molecular formula is C20H26IN3O4SSi. The number of ether oxygens (including phenoxy) is 2. The first-order chi connectivity index (χ1) is 14.0. The topological polar surface area (TPSA) is 82.5 Å². The minimum atomic E-state index is -3.77. The van der Waals surface area contributed by atoms with Crippen LogP contribution in [0.5, 0.6) is 11.5 Å². The van der Waals surface area contributed by atoms with Crippen molar-refractivity contribution < 1.29 is 17.9 Å². The van der Waals surface area contributed by atoms with Crippen molar-refractivity contribution in [3.05, 3.63) is 40.1 Å². The minimum absolute atomic E-state index is 0.156. The van der Waals surface area contributed by atoms with Crippen LogP contribution in [0.3, 0.4) is 0 Å². The van der Waals surface area contributed by atoms with Crippen molar-refractivity contribution in [3.8, 4) is 11.5 Å². The maximum absolute atomic E-state index is 12.9. The molecule has 1 aromatic heterocycles. The summed E-state index contributed by atoms with van der Waals surface area (Å²) in [4.78, 5) is 0.156. The molecule has 0 fully saturated rings. The Bertz CT molecular complexity index is 1160. The van der Waals surface area contributed by atoms with E-state index >= 15 is 0 Å². The molecule has 0 unspecified atom stereocenters. The third kappa shape index (κ3) is 5.09. The number of methoxy groups -OCH3 is 1. The Balaban J connectivity index is 1.96. The van der Waals surface area contributed by atoms with E-state index in [1.165, 1.54) is 19.2 Å². The number of hydrogen-bond acceptors (Lipinski definition) is 5. The fraction of sp³-hybridized carbons (Fsp3) is 0.350. The van der Waals surface area contributed by atoms with Crippen LogP contribution in [0.15, 0.2) is 41.3 Å². The van der Waals surface area contributed by atoms with Crippen molar-refractivity contribution in [2.24, 2.45) is 7.05 Å². The second kappa shape index (κ2) is 8.75. The first-order valence-electron chi connectivity index (χ1n) is 9.47. The molecule has 0 aliphatic heterocycles. The number of rotatable bonds is 8. The molecule has 0 bridgehead atoms. The number of fused-ring (bicyclic) bond motifs is 1.